The van der Waals surface area contributed by atoms with E-state index in [1.807, 2.05) is 54.6 Å². The molecule has 0 fully saturated rings. The SMILES string of the molecule is COc1cc(O)c2c(c1)OC(=C1C=CC=C1)C=C2[O-].[Fe+2].c1cc[cH-]c1. The molecule has 1 aliphatic heterocycles. The molecule has 0 bridgehead atoms. The van der Waals surface area contributed by atoms with Crippen LogP contribution in [0.3, 0.4) is 0 Å². The van der Waals surface area contributed by atoms with E-state index in [1.54, 1.807) is 6.07 Å². The Morgan fingerprint density at radius 3 is 2.36 bits per heavy atom. The number of hydrogen-bond acceptors (Lipinski definition) is 4. The van der Waals surface area contributed by atoms with E-state index in [4.69, 9.17) is 9.47 Å². The number of aromatic hydroxyl groups is 1. The molecule has 128 valence electrons. The van der Waals surface area contributed by atoms with Crippen LogP contribution in [0.5, 0.6) is 17.2 Å². The molecule has 5 heteroatoms. The van der Waals surface area contributed by atoms with E-state index in [9.17, 15) is 10.2 Å². The van der Waals surface area contributed by atoms with Gasteiger partial charge in [-0.15, -0.1) is 0 Å². The van der Waals surface area contributed by atoms with Crippen molar-refractivity contribution in [3.8, 4) is 17.2 Å². The first-order valence-corrected chi connectivity index (χ1v) is 7.42. The Balaban J connectivity index is 0.000000325. The van der Waals surface area contributed by atoms with Crippen molar-refractivity contribution in [1.82, 2.24) is 0 Å². The molecule has 1 heterocycles. The zero-order valence-corrected chi connectivity index (χ0v) is 14.6. The summed E-state index contributed by atoms with van der Waals surface area (Å²) in [6.45, 7) is 0. The molecule has 1 N–H and O–H groups in total. The Kier molecular flexibility index (Phi) is 6.23. The monoisotopic (exact) mass is 376 g/mol. The second-order valence-corrected chi connectivity index (χ2v) is 5.13. The Morgan fingerprint density at radius 1 is 1.12 bits per heavy atom. The molecular formula is C20H16FeO4. The van der Waals surface area contributed by atoms with E-state index in [0.717, 1.165) is 5.57 Å². The minimum absolute atomic E-state index is 0. The van der Waals surface area contributed by atoms with E-state index in [0.29, 0.717) is 17.3 Å². The van der Waals surface area contributed by atoms with Crippen LogP contribution in [0.15, 0.2) is 84.2 Å². The Hall–Kier alpha value is -2.75. The number of fused-ring (bicyclic) bond motifs is 1. The van der Waals surface area contributed by atoms with Gasteiger partial charge in [0.25, 0.3) is 0 Å². The van der Waals surface area contributed by atoms with E-state index < -0.39 is 0 Å². The van der Waals surface area contributed by atoms with E-state index in [2.05, 4.69) is 0 Å². The van der Waals surface area contributed by atoms with Crippen LogP contribution in [0.25, 0.3) is 5.76 Å². The Labute approximate surface area is 156 Å². The van der Waals surface area contributed by atoms with Crippen LogP contribution in [0.1, 0.15) is 5.56 Å². The van der Waals surface area contributed by atoms with Crippen molar-refractivity contribution in [3.05, 3.63) is 89.7 Å². The number of phenolic OH excluding ortho intramolecular Hbond substituents is 1. The fourth-order valence-electron chi connectivity index (χ4n) is 2.36. The van der Waals surface area contributed by atoms with Gasteiger partial charge < -0.3 is 19.7 Å². The topological polar surface area (TPSA) is 61.8 Å². The number of hydrogen-bond donors (Lipinski definition) is 1. The first-order valence-electron chi connectivity index (χ1n) is 7.42. The van der Waals surface area contributed by atoms with E-state index in [1.165, 1.54) is 19.3 Å². The van der Waals surface area contributed by atoms with Crippen LogP contribution >= 0.6 is 0 Å². The number of ether oxygens (including phenoxy) is 2. The molecule has 4 rings (SSSR count). The fourth-order valence-corrected chi connectivity index (χ4v) is 2.36. The average Bonchev–Trinajstić information content (AvgIpc) is 3.29. The van der Waals surface area contributed by atoms with Gasteiger partial charge in [0.2, 0.25) is 0 Å². The molecule has 0 atom stereocenters. The van der Waals surface area contributed by atoms with Crippen molar-refractivity contribution in [2.45, 2.75) is 0 Å². The van der Waals surface area contributed by atoms with Crippen LogP contribution in [0.4, 0.5) is 0 Å². The van der Waals surface area contributed by atoms with Gasteiger partial charge >= 0.3 is 17.1 Å². The second-order valence-electron chi connectivity index (χ2n) is 5.13. The third-order valence-electron chi connectivity index (χ3n) is 3.52. The number of benzene rings is 1. The fraction of sp³-hybridized carbons (Fsp3) is 0.0500. The Morgan fingerprint density at radius 2 is 1.80 bits per heavy atom. The van der Waals surface area contributed by atoms with Gasteiger partial charge in [0, 0.05) is 17.7 Å². The molecular weight excluding hydrogens is 360 g/mol. The van der Waals surface area contributed by atoms with Crippen LogP contribution in [0.2, 0.25) is 0 Å². The molecule has 0 radical (unpaired) electrons. The van der Waals surface area contributed by atoms with Crippen LogP contribution < -0.4 is 14.6 Å². The first kappa shape index (κ1) is 18.6. The molecule has 0 saturated carbocycles. The van der Waals surface area contributed by atoms with Gasteiger partial charge in [0.1, 0.15) is 23.0 Å². The van der Waals surface area contributed by atoms with Crippen molar-refractivity contribution in [2.24, 2.45) is 0 Å². The first-order chi connectivity index (χ1) is 11.7. The van der Waals surface area contributed by atoms with Crippen molar-refractivity contribution >= 4 is 5.76 Å². The number of rotatable bonds is 1. The summed E-state index contributed by atoms with van der Waals surface area (Å²) in [5.74, 6) is 0.790. The maximum atomic E-state index is 12.1. The van der Waals surface area contributed by atoms with Gasteiger partial charge in [0.05, 0.1) is 12.7 Å². The summed E-state index contributed by atoms with van der Waals surface area (Å²) in [7, 11) is 1.49. The van der Waals surface area contributed by atoms with Crippen molar-refractivity contribution in [1.29, 1.82) is 0 Å². The maximum absolute atomic E-state index is 12.1. The molecule has 0 aromatic heterocycles. The smallest absolute Gasteiger partial charge is 0.872 e. The molecule has 2 aliphatic rings. The molecule has 0 spiro atoms. The van der Waals surface area contributed by atoms with Gasteiger partial charge in [-0.05, 0) is 6.08 Å². The van der Waals surface area contributed by atoms with E-state index in [-0.39, 0.29) is 34.1 Å². The summed E-state index contributed by atoms with van der Waals surface area (Å²) in [6.07, 6.45) is 8.81. The predicted octanol–water partition coefficient (Wildman–Crippen LogP) is 3.28. The Bertz CT molecular complexity index is 812. The summed E-state index contributed by atoms with van der Waals surface area (Å²) in [5, 5.41) is 21.9. The molecule has 1 aliphatic carbocycles. The molecule has 0 saturated heterocycles. The minimum atomic E-state index is -0.280. The quantitative estimate of drug-likeness (QED) is 0.613. The molecule has 2 aromatic rings. The molecule has 4 nitrogen and oxygen atoms in total. The predicted molar refractivity (Wildman–Crippen MR) is 90.6 cm³/mol. The van der Waals surface area contributed by atoms with E-state index >= 15 is 0 Å². The summed E-state index contributed by atoms with van der Waals surface area (Å²) in [4.78, 5) is 0. The number of phenols is 1. The van der Waals surface area contributed by atoms with Crippen molar-refractivity contribution in [3.63, 3.8) is 0 Å². The van der Waals surface area contributed by atoms with Gasteiger partial charge in [-0.1, -0.05) is 30.1 Å². The molecule has 0 unspecified atom stereocenters. The summed E-state index contributed by atoms with van der Waals surface area (Å²) < 4.78 is 10.7. The number of allylic oxidation sites excluding steroid dienone is 6. The normalized spacial score (nSPS) is 13.9. The maximum Gasteiger partial charge on any atom is 2.00 e. The summed E-state index contributed by atoms with van der Waals surface area (Å²) in [6, 6.07) is 13.0. The van der Waals surface area contributed by atoms with Crippen molar-refractivity contribution in [2.75, 3.05) is 7.11 Å². The summed E-state index contributed by atoms with van der Waals surface area (Å²) >= 11 is 0. The third-order valence-corrected chi connectivity index (χ3v) is 3.52. The largest absolute Gasteiger partial charge is 2.00 e. The zero-order valence-electron chi connectivity index (χ0n) is 13.5. The second kappa shape index (κ2) is 8.38. The van der Waals surface area contributed by atoms with Gasteiger partial charge in [0.15, 0.2) is 0 Å². The third kappa shape index (κ3) is 4.21. The standard InChI is InChI=1S/C15H12O4.C5H5.Fe/c1-18-10-6-11(16)15-12(17)8-13(19-14(15)7-10)9-4-2-3-5-9;1-2-4-5-3-1;/h2-8,16-17H,1H3;1-5H;/q;-1;+2/p-1. The van der Waals surface area contributed by atoms with Crippen molar-refractivity contribution < 1.29 is 36.8 Å². The molecule has 25 heavy (non-hydrogen) atoms. The van der Waals surface area contributed by atoms with Crippen LogP contribution in [-0.2, 0) is 17.1 Å². The molecule has 2 aromatic carbocycles. The minimum Gasteiger partial charge on any atom is -0.872 e. The van der Waals surface area contributed by atoms with Crippen LogP contribution in [-0.4, -0.2) is 12.2 Å². The van der Waals surface area contributed by atoms with Gasteiger partial charge in [-0.25, -0.2) is 12.1 Å². The van der Waals surface area contributed by atoms with Crippen LogP contribution in [0, 0.1) is 0 Å². The zero-order chi connectivity index (χ0) is 16.9. The summed E-state index contributed by atoms with van der Waals surface area (Å²) in [5.41, 5.74) is 0.984. The molecule has 0 amide bonds. The number of methoxy groups -OCH3 is 1. The van der Waals surface area contributed by atoms with Gasteiger partial charge in [-0.2, -0.15) is 18.2 Å². The van der Waals surface area contributed by atoms with Gasteiger partial charge in [-0.3, -0.25) is 0 Å². The average molecular weight is 376 g/mol.